The zero-order valence-electron chi connectivity index (χ0n) is 12.2. The molecule has 0 radical (unpaired) electrons. The van der Waals surface area contributed by atoms with Crippen molar-refractivity contribution in [2.45, 2.75) is 39.2 Å². The highest BCUT2D eigenvalue weighted by Gasteiger charge is 2.29. The normalized spacial score (nSPS) is 28.9. The van der Waals surface area contributed by atoms with Gasteiger partial charge in [0.2, 0.25) is 0 Å². The molecule has 1 aliphatic carbocycles. The van der Waals surface area contributed by atoms with E-state index in [0.29, 0.717) is 6.04 Å². The quantitative estimate of drug-likeness (QED) is 0.786. The topological polar surface area (TPSA) is 43.8 Å². The minimum atomic E-state index is -0.709. The molecule has 1 N–H and O–H groups in total. The van der Waals surface area contributed by atoms with Gasteiger partial charge >= 0.3 is 5.97 Å². The van der Waals surface area contributed by atoms with Crippen LogP contribution in [0, 0.1) is 11.8 Å². The summed E-state index contributed by atoms with van der Waals surface area (Å²) in [5.74, 6) is 0.725. The highest BCUT2D eigenvalue weighted by molar-refractivity contribution is 5.69. The van der Waals surface area contributed by atoms with Gasteiger partial charge in [-0.1, -0.05) is 13.8 Å². The molecule has 2 unspecified atom stereocenters. The van der Waals surface area contributed by atoms with Crippen LogP contribution in [-0.4, -0.2) is 60.6 Å². The number of rotatable bonds is 6. The van der Waals surface area contributed by atoms with Crippen LogP contribution in [0.3, 0.4) is 0 Å². The molecule has 1 saturated carbocycles. The summed E-state index contributed by atoms with van der Waals surface area (Å²) in [4.78, 5) is 15.3. The minimum absolute atomic E-state index is 0.179. The summed E-state index contributed by atoms with van der Waals surface area (Å²) in [6, 6.07) is 0.444. The molecule has 0 heterocycles. The van der Waals surface area contributed by atoms with E-state index in [1.54, 1.807) is 0 Å². The minimum Gasteiger partial charge on any atom is -0.480 e. The van der Waals surface area contributed by atoms with E-state index in [-0.39, 0.29) is 6.54 Å². The molecule has 18 heavy (non-hydrogen) atoms. The highest BCUT2D eigenvalue weighted by atomic mass is 16.4. The van der Waals surface area contributed by atoms with E-state index in [1.807, 2.05) is 14.1 Å². The molecule has 0 aromatic carbocycles. The summed E-state index contributed by atoms with van der Waals surface area (Å²) in [5, 5.41) is 9.06. The first-order valence-electron chi connectivity index (χ1n) is 6.99. The van der Waals surface area contributed by atoms with E-state index in [9.17, 15) is 4.79 Å². The van der Waals surface area contributed by atoms with Gasteiger partial charge in [-0.25, -0.2) is 0 Å². The molecule has 1 rings (SSSR count). The Balaban J connectivity index is 2.59. The Labute approximate surface area is 111 Å². The van der Waals surface area contributed by atoms with Gasteiger partial charge in [-0.05, 0) is 45.2 Å². The Bertz CT molecular complexity index is 259. The van der Waals surface area contributed by atoms with Crippen LogP contribution in [0.25, 0.3) is 0 Å². The fourth-order valence-electron chi connectivity index (χ4n) is 3.10. The third-order valence-electron chi connectivity index (χ3n) is 3.84. The fourth-order valence-corrected chi connectivity index (χ4v) is 3.10. The van der Waals surface area contributed by atoms with E-state index >= 15 is 0 Å². The first-order valence-corrected chi connectivity index (χ1v) is 6.99. The van der Waals surface area contributed by atoms with Crippen LogP contribution in [0.15, 0.2) is 0 Å². The lowest BCUT2D eigenvalue weighted by molar-refractivity contribution is -0.139. The number of carboxylic acids is 1. The van der Waals surface area contributed by atoms with Crippen molar-refractivity contribution in [2.75, 3.05) is 33.7 Å². The molecule has 1 fully saturated rings. The van der Waals surface area contributed by atoms with Crippen molar-refractivity contribution < 1.29 is 9.90 Å². The molecule has 0 spiro atoms. The zero-order chi connectivity index (χ0) is 13.7. The number of likely N-dealkylation sites (N-methyl/N-ethyl adjacent to an activating group) is 1. The molecule has 106 valence electrons. The molecular weight excluding hydrogens is 228 g/mol. The molecule has 4 nitrogen and oxygen atoms in total. The van der Waals surface area contributed by atoms with Crippen LogP contribution in [0.5, 0.6) is 0 Å². The SMILES string of the molecule is CC1CC(C)CC(N(CCN(C)C)CC(=O)O)C1. The largest absolute Gasteiger partial charge is 0.480 e. The lowest BCUT2D eigenvalue weighted by Gasteiger charge is -2.39. The summed E-state index contributed by atoms with van der Waals surface area (Å²) in [6.45, 7) is 6.52. The number of hydrogen-bond acceptors (Lipinski definition) is 3. The van der Waals surface area contributed by atoms with Crippen molar-refractivity contribution in [1.82, 2.24) is 9.80 Å². The summed E-state index contributed by atoms with van der Waals surface area (Å²) in [5.41, 5.74) is 0. The summed E-state index contributed by atoms with van der Waals surface area (Å²) < 4.78 is 0. The van der Waals surface area contributed by atoms with Gasteiger partial charge in [-0.3, -0.25) is 9.69 Å². The van der Waals surface area contributed by atoms with Gasteiger partial charge in [0.25, 0.3) is 0 Å². The Morgan fingerprint density at radius 3 is 2.11 bits per heavy atom. The van der Waals surface area contributed by atoms with Crippen molar-refractivity contribution in [3.05, 3.63) is 0 Å². The van der Waals surface area contributed by atoms with Crippen LogP contribution in [0.1, 0.15) is 33.1 Å². The number of aliphatic carboxylic acids is 1. The average molecular weight is 256 g/mol. The highest BCUT2D eigenvalue weighted by Crippen LogP contribution is 2.31. The molecular formula is C14H28N2O2. The van der Waals surface area contributed by atoms with Crippen molar-refractivity contribution in [3.8, 4) is 0 Å². The zero-order valence-corrected chi connectivity index (χ0v) is 12.2. The maximum atomic E-state index is 11.0. The Kier molecular flexibility index (Phi) is 6.09. The second kappa shape index (κ2) is 7.10. The molecule has 2 atom stereocenters. The molecule has 0 saturated heterocycles. The van der Waals surface area contributed by atoms with E-state index < -0.39 is 5.97 Å². The summed E-state index contributed by atoms with van der Waals surface area (Å²) in [6.07, 6.45) is 3.57. The maximum absolute atomic E-state index is 11.0. The summed E-state index contributed by atoms with van der Waals surface area (Å²) in [7, 11) is 4.07. The predicted molar refractivity (Wildman–Crippen MR) is 73.7 cm³/mol. The number of nitrogens with zero attached hydrogens (tertiary/aromatic N) is 2. The van der Waals surface area contributed by atoms with Crippen molar-refractivity contribution in [2.24, 2.45) is 11.8 Å². The van der Waals surface area contributed by atoms with Gasteiger partial charge in [0.05, 0.1) is 6.54 Å². The molecule has 0 aromatic rings. The summed E-state index contributed by atoms with van der Waals surface area (Å²) >= 11 is 0. The van der Waals surface area contributed by atoms with Gasteiger partial charge in [0, 0.05) is 19.1 Å². The molecule has 0 bridgehead atoms. The Hall–Kier alpha value is -0.610. The van der Waals surface area contributed by atoms with Crippen LogP contribution in [0.2, 0.25) is 0 Å². The maximum Gasteiger partial charge on any atom is 0.317 e. The lowest BCUT2D eigenvalue weighted by Crippen LogP contribution is -2.45. The van der Waals surface area contributed by atoms with E-state index in [0.717, 1.165) is 37.8 Å². The van der Waals surface area contributed by atoms with Gasteiger partial charge in [0.15, 0.2) is 0 Å². The molecule has 1 aliphatic rings. The van der Waals surface area contributed by atoms with Crippen molar-refractivity contribution in [1.29, 1.82) is 0 Å². The lowest BCUT2D eigenvalue weighted by atomic mass is 9.80. The number of carboxylic acid groups (broad SMARTS) is 1. The molecule has 4 heteroatoms. The second-order valence-electron chi connectivity index (χ2n) is 6.24. The first-order chi connectivity index (χ1) is 8.38. The average Bonchev–Trinajstić information content (AvgIpc) is 2.22. The van der Waals surface area contributed by atoms with Crippen LogP contribution < -0.4 is 0 Å². The Morgan fingerprint density at radius 2 is 1.67 bits per heavy atom. The van der Waals surface area contributed by atoms with Gasteiger partial charge in [-0.2, -0.15) is 0 Å². The van der Waals surface area contributed by atoms with Gasteiger partial charge in [0.1, 0.15) is 0 Å². The standard InChI is InChI=1S/C14H28N2O2/c1-11-7-12(2)9-13(8-11)16(10-14(17)18)6-5-15(3)4/h11-13H,5-10H2,1-4H3,(H,17,18). The molecule has 0 aromatic heterocycles. The van der Waals surface area contributed by atoms with E-state index in [4.69, 9.17) is 5.11 Å². The van der Waals surface area contributed by atoms with Crippen LogP contribution in [-0.2, 0) is 4.79 Å². The number of carbonyl (C=O) groups is 1. The predicted octanol–water partition coefficient (Wildman–Crippen LogP) is 1.76. The third-order valence-corrected chi connectivity index (χ3v) is 3.84. The van der Waals surface area contributed by atoms with Crippen LogP contribution in [0.4, 0.5) is 0 Å². The van der Waals surface area contributed by atoms with E-state index in [1.165, 1.54) is 6.42 Å². The fraction of sp³-hybridized carbons (Fsp3) is 0.929. The molecule has 0 aliphatic heterocycles. The Morgan fingerprint density at radius 1 is 1.11 bits per heavy atom. The third kappa shape index (κ3) is 5.36. The number of hydrogen-bond donors (Lipinski definition) is 1. The van der Waals surface area contributed by atoms with Gasteiger partial charge in [-0.15, -0.1) is 0 Å². The molecule has 0 amide bonds. The van der Waals surface area contributed by atoms with Crippen molar-refractivity contribution in [3.63, 3.8) is 0 Å². The monoisotopic (exact) mass is 256 g/mol. The second-order valence-corrected chi connectivity index (χ2v) is 6.24. The van der Waals surface area contributed by atoms with E-state index in [2.05, 4.69) is 23.6 Å². The van der Waals surface area contributed by atoms with Gasteiger partial charge < -0.3 is 10.0 Å². The first kappa shape index (κ1) is 15.4. The smallest absolute Gasteiger partial charge is 0.317 e. The van der Waals surface area contributed by atoms with Crippen LogP contribution >= 0.6 is 0 Å². The van der Waals surface area contributed by atoms with Crippen molar-refractivity contribution >= 4 is 5.97 Å².